The average molecular weight is 308 g/mol. The van der Waals surface area contributed by atoms with E-state index in [0.29, 0.717) is 6.42 Å². The van der Waals surface area contributed by atoms with Crippen LogP contribution in [0.3, 0.4) is 0 Å². The van der Waals surface area contributed by atoms with Crippen molar-refractivity contribution in [1.82, 2.24) is 0 Å². The van der Waals surface area contributed by atoms with Crippen LogP contribution in [0.4, 0.5) is 4.39 Å². The Morgan fingerprint density at radius 1 is 1.17 bits per heavy atom. The van der Waals surface area contributed by atoms with Crippen molar-refractivity contribution in [2.45, 2.75) is 19.4 Å². The molecule has 0 fully saturated rings. The summed E-state index contributed by atoms with van der Waals surface area (Å²) in [7, 11) is 0. The number of benzene rings is 2. The summed E-state index contributed by atoms with van der Waals surface area (Å²) in [5.74, 6) is -0.216. The van der Waals surface area contributed by atoms with Gasteiger partial charge in [-0.1, -0.05) is 40.2 Å². The van der Waals surface area contributed by atoms with E-state index in [-0.39, 0.29) is 11.9 Å². The maximum absolute atomic E-state index is 12.8. The maximum atomic E-state index is 12.8. The van der Waals surface area contributed by atoms with Crippen LogP contribution in [0, 0.1) is 12.7 Å². The SMILES string of the molecule is Cc1cc(C(N)Cc2ccc(F)cc2)ccc1Br. The summed E-state index contributed by atoms with van der Waals surface area (Å²) in [6.45, 7) is 2.04. The molecule has 0 aliphatic heterocycles. The first-order chi connectivity index (χ1) is 8.56. The highest BCUT2D eigenvalue weighted by Gasteiger charge is 2.08. The molecule has 2 rings (SSSR count). The Morgan fingerprint density at radius 3 is 2.44 bits per heavy atom. The zero-order valence-electron chi connectivity index (χ0n) is 10.2. The zero-order valence-corrected chi connectivity index (χ0v) is 11.7. The first-order valence-corrected chi connectivity index (χ1v) is 6.61. The van der Waals surface area contributed by atoms with Crippen molar-refractivity contribution < 1.29 is 4.39 Å². The third-order valence-electron chi connectivity index (χ3n) is 2.98. The van der Waals surface area contributed by atoms with Crippen molar-refractivity contribution >= 4 is 15.9 Å². The normalized spacial score (nSPS) is 12.4. The van der Waals surface area contributed by atoms with Gasteiger partial charge in [0.25, 0.3) is 0 Å². The van der Waals surface area contributed by atoms with E-state index >= 15 is 0 Å². The molecular weight excluding hydrogens is 293 g/mol. The topological polar surface area (TPSA) is 26.0 Å². The molecule has 0 amide bonds. The van der Waals surface area contributed by atoms with Gasteiger partial charge in [0.05, 0.1) is 0 Å². The second-order valence-electron chi connectivity index (χ2n) is 4.45. The molecule has 0 aliphatic rings. The molecule has 1 unspecified atom stereocenters. The molecule has 0 heterocycles. The molecule has 0 bridgehead atoms. The van der Waals surface area contributed by atoms with Crippen LogP contribution in [0.15, 0.2) is 46.9 Å². The Balaban J connectivity index is 2.13. The lowest BCUT2D eigenvalue weighted by Crippen LogP contribution is -2.13. The number of halogens is 2. The Morgan fingerprint density at radius 2 is 1.83 bits per heavy atom. The van der Waals surface area contributed by atoms with Crippen LogP contribution in [0.5, 0.6) is 0 Å². The van der Waals surface area contributed by atoms with Crippen molar-refractivity contribution in [1.29, 1.82) is 0 Å². The minimum atomic E-state index is -0.216. The summed E-state index contributed by atoms with van der Waals surface area (Å²) in [6, 6.07) is 12.5. The highest BCUT2D eigenvalue weighted by molar-refractivity contribution is 9.10. The van der Waals surface area contributed by atoms with Crippen molar-refractivity contribution in [3.8, 4) is 0 Å². The summed E-state index contributed by atoms with van der Waals surface area (Å²) in [6.07, 6.45) is 0.710. The lowest BCUT2D eigenvalue weighted by molar-refractivity contribution is 0.625. The lowest BCUT2D eigenvalue weighted by atomic mass is 9.98. The van der Waals surface area contributed by atoms with E-state index in [9.17, 15) is 4.39 Å². The number of hydrogen-bond acceptors (Lipinski definition) is 1. The first-order valence-electron chi connectivity index (χ1n) is 5.82. The van der Waals surface area contributed by atoms with Crippen molar-refractivity contribution in [2.24, 2.45) is 5.73 Å². The van der Waals surface area contributed by atoms with Crippen molar-refractivity contribution in [3.63, 3.8) is 0 Å². The van der Waals surface area contributed by atoms with Gasteiger partial charge in [0.15, 0.2) is 0 Å². The summed E-state index contributed by atoms with van der Waals surface area (Å²) < 4.78 is 13.9. The maximum Gasteiger partial charge on any atom is 0.123 e. The van der Waals surface area contributed by atoms with Gasteiger partial charge >= 0.3 is 0 Å². The molecule has 2 aromatic carbocycles. The van der Waals surface area contributed by atoms with E-state index in [2.05, 4.69) is 22.0 Å². The van der Waals surface area contributed by atoms with Gasteiger partial charge in [-0.25, -0.2) is 4.39 Å². The minimum absolute atomic E-state index is 0.0674. The van der Waals surface area contributed by atoms with Crippen LogP contribution < -0.4 is 5.73 Å². The van der Waals surface area contributed by atoms with Gasteiger partial charge in [-0.3, -0.25) is 0 Å². The van der Waals surface area contributed by atoms with Crippen molar-refractivity contribution in [3.05, 3.63) is 69.4 Å². The summed E-state index contributed by atoms with van der Waals surface area (Å²) >= 11 is 3.47. The molecule has 2 N–H and O–H groups in total. The highest BCUT2D eigenvalue weighted by atomic mass is 79.9. The Bertz CT molecular complexity index is 537. The molecule has 1 nitrogen and oxygen atoms in total. The quantitative estimate of drug-likeness (QED) is 0.906. The number of aryl methyl sites for hydroxylation is 1. The second-order valence-corrected chi connectivity index (χ2v) is 5.30. The van der Waals surface area contributed by atoms with E-state index in [4.69, 9.17) is 5.73 Å². The van der Waals surface area contributed by atoms with Gasteiger partial charge in [0, 0.05) is 10.5 Å². The molecule has 0 spiro atoms. The van der Waals surface area contributed by atoms with Gasteiger partial charge in [-0.05, 0) is 48.2 Å². The Kier molecular flexibility index (Phi) is 4.15. The molecule has 0 saturated heterocycles. The molecule has 0 radical (unpaired) electrons. The Hall–Kier alpha value is -1.19. The fraction of sp³-hybridized carbons (Fsp3) is 0.200. The van der Waals surface area contributed by atoms with Gasteiger partial charge in [0.2, 0.25) is 0 Å². The fourth-order valence-corrected chi connectivity index (χ4v) is 2.14. The van der Waals surface area contributed by atoms with Crippen LogP contribution in [-0.4, -0.2) is 0 Å². The third-order valence-corrected chi connectivity index (χ3v) is 3.87. The van der Waals surface area contributed by atoms with Crippen LogP contribution in [0.1, 0.15) is 22.7 Å². The predicted octanol–water partition coefficient (Wildman–Crippen LogP) is 4.14. The van der Waals surface area contributed by atoms with Crippen LogP contribution in [0.2, 0.25) is 0 Å². The lowest BCUT2D eigenvalue weighted by Gasteiger charge is -2.13. The Labute approximate surface area is 115 Å². The monoisotopic (exact) mass is 307 g/mol. The molecule has 1 atom stereocenters. The molecule has 18 heavy (non-hydrogen) atoms. The predicted molar refractivity (Wildman–Crippen MR) is 75.9 cm³/mol. The summed E-state index contributed by atoms with van der Waals surface area (Å²) in [4.78, 5) is 0. The second kappa shape index (κ2) is 5.63. The average Bonchev–Trinajstić information content (AvgIpc) is 2.35. The van der Waals surface area contributed by atoms with E-state index < -0.39 is 0 Å². The zero-order chi connectivity index (χ0) is 13.1. The summed E-state index contributed by atoms with van der Waals surface area (Å²) in [5, 5.41) is 0. The largest absolute Gasteiger partial charge is 0.324 e. The first kappa shape index (κ1) is 13.2. The van der Waals surface area contributed by atoms with Gasteiger partial charge < -0.3 is 5.73 Å². The molecule has 3 heteroatoms. The van der Waals surface area contributed by atoms with Crippen LogP contribution in [-0.2, 0) is 6.42 Å². The number of nitrogens with two attached hydrogens (primary N) is 1. The van der Waals surface area contributed by atoms with Crippen molar-refractivity contribution in [2.75, 3.05) is 0 Å². The van der Waals surface area contributed by atoms with Gasteiger partial charge in [-0.15, -0.1) is 0 Å². The van der Waals surface area contributed by atoms with E-state index in [0.717, 1.165) is 15.6 Å². The molecular formula is C15H15BrFN. The van der Waals surface area contributed by atoms with Gasteiger partial charge in [0.1, 0.15) is 5.82 Å². The van der Waals surface area contributed by atoms with Crippen LogP contribution in [0.25, 0.3) is 0 Å². The standard InChI is InChI=1S/C15H15BrFN/c1-10-8-12(4-7-14(10)16)15(18)9-11-2-5-13(17)6-3-11/h2-8,15H,9,18H2,1H3. The van der Waals surface area contributed by atoms with Crippen LogP contribution >= 0.6 is 15.9 Å². The number of rotatable bonds is 3. The molecule has 0 aromatic heterocycles. The molecule has 0 saturated carbocycles. The molecule has 0 aliphatic carbocycles. The van der Waals surface area contributed by atoms with E-state index in [1.54, 1.807) is 12.1 Å². The summed E-state index contributed by atoms with van der Waals surface area (Å²) in [5.41, 5.74) is 9.49. The number of hydrogen-bond donors (Lipinski definition) is 1. The van der Waals surface area contributed by atoms with E-state index in [1.807, 2.05) is 19.1 Å². The van der Waals surface area contributed by atoms with Gasteiger partial charge in [-0.2, -0.15) is 0 Å². The van der Waals surface area contributed by atoms with E-state index in [1.165, 1.54) is 17.7 Å². The molecule has 94 valence electrons. The fourth-order valence-electron chi connectivity index (χ4n) is 1.89. The third kappa shape index (κ3) is 3.18. The highest BCUT2D eigenvalue weighted by Crippen LogP contribution is 2.22. The molecule has 2 aromatic rings. The minimum Gasteiger partial charge on any atom is -0.324 e. The smallest absolute Gasteiger partial charge is 0.123 e.